The molecule has 1 N–H and O–H groups in total. The summed E-state index contributed by atoms with van der Waals surface area (Å²) in [4.78, 5) is 8.04. The third-order valence-corrected chi connectivity index (χ3v) is 2.08. The summed E-state index contributed by atoms with van der Waals surface area (Å²) < 4.78 is 5.60. The zero-order valence-corrected chi connectivity index (χ0v) is 9.05. The summed E-state index contributed by atoms with van der Waals surface area (Å²) in [6.45, 7) is 0.753. The Morgan fingerprint density at radius 1 is 1.12 bits per heavy atom. The maximum Gasteiger partial charge on any atom is 0.321 e. The van der Waals surface area contributed by atoms with Gasteiger partial charge in [0.2, 0.25) is 0 Å². The second-order valence-electron chi connectivity index (χ2n) is 3.27. The van der Waals surface area contributed by atoms with Crippen molar-refractivity contribution in [2.24, 2.45) is 0 Å². The molecule has 16 heavy (non-hydrogen) atoms. The lowest BCUT2D eigenvalue weighted by Crippen LogP contribution is -2.06. The molecule has 2 rings (SSSR count). The first-order valence-electron chi connectivity index (χ1n) is 5.07. The van der Waals surface area contributed by atoms with Crippen LogP contribution >= 0.6 is 0 Å². The fourth-order valence-electron chi connectivity index (χ4n) is 1.38. The van der Waals surface area contributed by atoms with Gasteiger partial charge in [-0.25, -0.2) is 9.97 Å². The van der Waals surface area contributed by atoms with Gasteiger partial charge in [0.1, 0.15) is 5.75 Å². The number of nitrogens with one attached hydrogen (secondary N) is 1. The van der Waals surface area contributed by atoms with Crippen molar-refractivity contribution in [3.8, 4) is 11.8 Å². The maximum absolute atomic E-state index is 5.60. The van der Waals surface area contributed by atoms with Gasteiger partial charge in [0, 0.05) is 24.5 Å². The van der Waals surface area contributed by atoms with Gasteiger partial charge in [-0.1, -0.05) is 18.2 Å². The molecular formula is C12H13N3O. The molecule has 0 atom stereocenters. The monoisotopic (exact) mass is 215 g/mol. The van der Waals surface area contributed by atoms with E-state index in [1.165, 1.54) is 0 Å². The van der Waals surface area contributed by atoms with Gasteiger partial charge < -0.3 is 10.1 Å². The van der Waals surface area contributed by atoms with E-state index in [0.717, 1.165) is 17.9 Å². The Hall–Kier alpha value is -1.94. The molecule has 1 aromatic heterocycles. The molecule has 2 aromatic rings. The summed E-state index contributed by atoms with van der Waals surface area (Å²) in [7, 11) is 1.90. The first-order chi connectivity index (χ1) is 7.90. The zero-order chi connectivity index (χ0) is 11.2. The molecule has 1 aromatic carbocycles. The molecule has 0 bridgehead atoms. The van der Waals surface area contributed by atoms with Crippen molar-refractivity contribution in [2.45, 2.75) is 6.54 Å². The van der Waals surface area contributed by atoms with Gasteiger partial charge in [-0.05, 0) is 19.2 Å². The van der Waals surface area contributed by atoms with Crippen LogP contribution in [0.15, 0.2) is 42.7 Å². The lowest BCUT2D eigenvalue weighted by Gasteiger charge is -2.08. The van der Waals surface area contributed by atoms with Crippen molar-refractivity contribution in [1.29, 1.82) is 0 Å². The molecule has 4 heteroatoms. The van der Waals surface area contributed by atoms with Crippen LogP contribution < -0.4 is 10.1 Å². The van der Waals surface area contributed by atoms with E-state index < -0.39 is 0 Å². The molecule has 0 aliphatic rings. The minimum atomic E-state index is 0.367. The average Bonchev–Trinajstić information content (AvgIpc) is 2.33. The number of aromatic nitrogens is 2. The van der Waals surface area contributed by atoms with E-state index in [0.29, 0.717) is 6.01 Å². The van der Waals surface area contributed by atoms with Gasteiger partial charge in [-0.15, -0.1) is 0 Å². The van der Waals surface area contributed by atoms with Crippen LogP contribution in [0.25, 0.3) is 0 Å². The van der Waals surface area contributed by atoms with Gasteiger partial charge >= 0.3 is 6.01 Å². The fraction of sp³-hybridized carbons (Fsp3) is 0.167. The topological polar surface area (TPSA) is 47.0 Å². The Kier molecular flexibility index (Phi) is 3.46. The van der Waals surface area contributed by atoms with E-state index in [-0.39, 0.29) is 0 Å². The van der Waals surface area contributed by atoms with E-state index in [1.54, 1.807) is 18.5 Å². The quantitative estimate of drug-likeness (QED) is 0.847. The second-order valence-corrected chi connectivity index (χ2v) is 3.27. The van der Waals surface area contributed by atoms with Crippen molar-refractivity contribution in [2.75, 3.05) is 7.05 Å². The summed E-state index contributed by atoms with van der Waals surface area (Å²) in [5.74, 6) is 0.781. The lowest BCUT2D eigenvalue weighted by molar-refractivity contribution is 0.435. The predicted molar refractivity (Wildman–Crippen MR) is 61.3 cm³/mol. The van der Waals surface area contributed by atoms with E-state index in [4.69, 9.17) is 4.74 Å². The molecular weight excluding hydrogens is 202 g/mol. The molecule has 0 saturated carbocycles. The number of nitrogens with zero attached hydrogens (tertiary/aromatic N) is 2. The van der Waals surface area contributed by atoms with Crippen LogP contribution in [0.4, 0.5) is 0 Å². The molecule has 4 nitrogen and oxygen atoms in total. The Balaban J connectivity index is 2.21. The van der Waals surface area contributed by atoms with E-state index in [2.05, 4.69) is 15.3 Å². The summed E-state index contributed by atoms with van der Waals surface area (Å²) in [6, 6.07) is 9.94. The zero-order valence-electron chi connectivity index (χ0n) is 9.05. The first-order valence-corrected chi connectivity index (χ1v) is 5.07. The second kappa shape index (κ2) is 5.23. The van der Waals surface area contributed by atoms with Crippen LogP contribution in [0, 0.1) is 0 Å². The number of para-hydroxylation sites is 1. The van der Waals surface area contributed by atoms with Crippen LogP contribution in [-0.4, -0.2) is 17.0 Å². The fourth-order valence-corrected chi connectivity index (χ4v) is 1.38. The average molecular weight is 215 g/mol. The van der Waals surface area contributed by atoms with Crippen LogP contribution in [0.1, 0.15) is 5.56 Å². The summed E-state index contributed by atoms with van der Waals surface area (Å²) >= 11 is 0. The molecule has 0 saturated heterocycles. The van der Waals surface area contributed by atoms with E-state index in [1.807, 2.05) is 31.3 Å². The molecule has 0 aliphatic carbocycles. The third-order valence-electron chi connectivity index (χ3n) is 2.08. The number of hydrogen-bond donors (Lipinski definition) is 1. The number of hydrogen-bond acceptors (Lipinski definition) is 4. The molecule has 0 aliphatic heterocycles. The number of benzene rings is 1. The normalized spacial score (nSPS) is 10.1. The highest BCUT2D eigenvalue weighted by molar-refractivity contribution is 5.34. The smallest absolute Gasteiger partial charge is 0.321 e. The van der Waals surface area contributed by atoms with Gasteiger partial charge in [0.25, 0.3) is 0 Å². The summed E-state index contributed by atoms with van der Waals surface area (Å²) in [5, 5.41) is 3.09. The van der Waals surface area contributed by atoms with Crippen LogP contribution in [-0.2, 0) is 6.54 Å². The standard InChI is InChI=1S/C12H13N3O/c1-13-9-10-5-2-3-6-11(10)16-12-14-7-4-8-15-12/h2-8,13H,9H2,1H3. The van der Waals surface area contributed by atoms with Crippen molar-refractivity contribution in [3.63, 3.8) is 0 Å². The van der Waals surface area contributed by atoms with Crippen LogP contribution in [0.2, 0.25) is 0 Å². The van der Waals surface area contributed by atoms with Crippen molar-refractivity contribution >= 4 is 0 Å². The van der Waals surface area contributed by atoms with Crippen LogP contribution in [0.5, 0.6) is 11.8 Å². The van der Waals surface area contributed by atoms with Crippen LogP contribution in [0.3, 0.4) is 0 Å². The minimum Gasteiger partial charge on any atom is -0.424 e. The van der Waals surface area contributed by atoms with Gasteiger partial charge in [0.15, 0.2) is 0 Å². The van der Waals surface area contributed by atoms with E-state index >= 15 is 0 Å². The predicted octanol–water partition coefficient (Wildman–Crippen LogP) is 1.99. The summed E-state index contributed by atoms with van der Waals surface area (Å²) in [5.41, 5.74) is 1.08. The molecule has 0 unspecified atom stereocenters. The largest absolute Gasteiger partial charge is 0.424 e. The highest BCUT2D eigenvalue weighted by Gasteiger charge is 2.04. The number of rotatable bonds is 4. The highest BCUT2D eigenvalue weighted by Crippen LogP contribution is 2.21. The Morgan fingerprint density at radius 3 is 2.62 bits per heavy atom. The van der Waals surface area contributed by atoms with Gasteiger partial charge in [-0.2, -0.15) is 0 Å². The SMILES string of the molecule is CNCc1ccccc1Oc1ncccn1. The van der Waals surface area contributed by atoms with Crippen molar-refractivity contribution in [3.05, 3.63) is 48.3 Å². The molecule has 82 valence electrons. The molecule has 0 fully saturated rings. The maximum atomic E-state index is 5.60. The third kappa shape index (κ3) is 2.55. The Morgan fingerprint density at radius 2 is 1.88 bits per heavy atom. The summed E-state index contributed by atoms with van der Waals surface area (Å²) in [6.07, 6.45) is 3.31. The lowest BCUT2D eigenvalue weighted by atomic mass is 10.2. The van der Waals surface area contributed by atoms with E-state index in [9.17, 15) is 0 Å². The Bertz CT molecular complexity index is 445. The van der Waals surface area contributed by atoms with Gasteiger partial charge in [0.05, 0.1) is 0 Å². The van der Waals surface area contributed by atoms with Crippen molar-refractivity contribution in [1.82, 2.24) is 15.3 Å². The van der Waals surface area contributed by atoms with Crippen molar-refractivity contribution < 1.29 is 4.74 Å². The molecule has 0 spiro atoms. The minimum absolute atomic E-state index is 0.367. The number of ether oxygens (including phenoxy) is 1. The molecule has 0 amide bonds. The molecule has 0 radical (unpaired) electrons. The highest BCUT2D eigenvalue weighted by atomic mass is 16.5. The van der Waals surface area contributed by atoms with Gasteiger partial charge in [-0.3, -0.25) is 0 Å². The first kappa shape index (κ1) is 10.6. The molecule has 1 heterocycles. The Labute approximate surface area is 94.3 Å².